The van der Waals surface area contributed by atoms with E-state index < -0.39 is 0 Å². The number of thiophene rings is 1. The van der Waals surface area contributed by atoms with Gasteiger partial charge >= 0.3 is 0 Å². The van der Waals surface area contributed by atoms with E-state index in [1.165, 1.54) is 52.4 Å². The summed E-state index contributed by atoms with van der Waals surface area (Å²) < 4.78 is 1.90. The van der Waals surface area contributed by atoms with Crippen molar-refractivity contribution in [2.24, 2.45) is 12.5 Å². The molecule has 0 aliphatic carbocycles. The van der Waals surface area contributed by atoms with Crippen molar-refractivity contribution in [3.05, 3.63) is 41.2 Å². The third-order valence-electron chi connectivity index (χ3n) is 6.42. The maximum atomic E-state index is 4.60. The Balaban J connectivity index is 1.31. The predicted molar refractivity (Wildman–Crippen MR) is 111 cm³/mol. The molecule has 0 N–H and O–H groups in total. The minimum atomic E-state index is 0.454. The molecule has 0 aromatic carbocycles. The molecule has 3 aromatic heterocycles. The van der Waals surface area contributed by atoms with Crippen molar-refractivity contribution in [1.29, 1.82) is 0 Å². The van der Waals surface area contributed by atoms with Gasteiger partial charge in [-0.25, -0.2) is 4.98 Å². The van der Waals surface area contributed by atoms with Crippen molar-refractivity contribution in [1.82, 2.24) is 19.7 Å². The molecule has 1 spiro atoms. The van der Waals surface area contributed by atoms with Crippen LogP contribution >= 0.6 is 11.3 Å². The van der Waals surface area contributed by atoms with Crippen LogP contribution in [0.2, 0.25) is 0 Å². The number of likely N-dealkylation sites (tertiary alicyclic amines) is 1. The highest BCUT2D eigenvalue weighted by molar-refractivity contribution is 7.18. The molecule has 0 radical (unpaired) electrons. The van der Waals surface area contributed by atoms with E-state index in [0.29, 0.717) is 11.5 Å². The first-order valence-corrected chi connectivity index (χ1v) is 10.7. The molecule has 5 nitrogen and oxygen atoms in total. The summed E-state index contributed by atoms with van der Waals surface area (Å²) in [4.78, 5) is 12.4. The molecule has 6 heteroatoms. The number of hydrogen-bond donors (Lipinski definition) is 0. The summed E-state index contributed by atoms with van der Waals surface area (Å²) in [6.45, 7) is 9.24. The van der Waals surface area contributed by atoms with Crippen LogP contribution in [0.15, 0.2) is 30.7 Å². The molecule has 0 amide bonds. The van der Waals surface area contributed by atoms with Gasteiger partial charge in [0.05, 0.1) is 6.20 Å². The summed E-state index contributed by atoms with van der Waals surface area (Å²) >= 11 is 1.84. The smallest absolute Gasteiger partial charge is 0.125 e. The van der Waals surface area contributed by atoms with Gasteiger partial charge in [0.2, 0.25) is 0 Å². The van der Waals surface area contributed by atoms with Crippen LogP contribution in [0.5, 0.6) is 0 Å². The van der Waals surface area contributed by atoms with Gasteiger partial charge in [0, 0.05) is 78.6 Å². The number of nitrogens with zero attached hydrogens (tertiary/aromatic N) is 5. The molecule has 5 rings (SSSR count). The van der Waals surface area contributed by atoms with Crippen molar-refractivity contribution < 1.29 is 0 Å². The number of anilines is 1. The third-order valence-corrected chi connectivity index (χ3v) is 7.61. The van der Waals surface area contributed by atoms with Crippen molar-refractivity contribution in [2.45, 2.75) is 32.7 Å². The summed E-state index contributed by atoms with van der Waals surface area (Å²) in [6.07, 6.45) is 8.51. The summed E-state index contributed by atoms with van der Waals surface area (Å²) in [7, 11) is 1.99. The second-order valence-electron chi connectivity index (χ2n) is 8.32. The Labute approximate surface area is 164 Å². The van der Waals surface area contributed by atoms with Gasteiger partial charge in [-0.05, 0) is 31.9 Å². The molecule has 0 saturated carbocycles. The van der Waals surface area contributed by atoms with Crippen LogP contribution in [0, 0.1) is 5.41 Å². The van der Waals surface area contributed by atoms with Crippen LogP contribution in [0.1, 0.15) is 36.8 Å². The molecule has 27 heavy (non-hydrogen) atoms. The molecule has 2 fully saturated rings. The lowest BCUT2D eigenvalue weighted by atomic mass is 9.78. The highest BCUT2D eigenvalue weighted by Crippen LogP contribution is 2.45. The van der Waals surface area contributed by atoms with E-state index in [0.717, 1.165) is 13.0 Å². The first-order chi connectivity index (χ1) is 13.1. The predicted octanol–water partition coefficient (Wildman–Crippen LogP) is 3.87. The Morgan fingerprint density at radius 2 is 2.15 bits per heavy atom. The standard InChI is InChI=1S/C21H27N5S/c1-4-17-9-18-19(5-7-22-20(18)27-17)25-8-6-21(12-25)13-26(14-21)15(2)16-10-23-24(3)11-16/h5,7,9-11,15H,4,6,8,12-14H2,1-3H3. The van der Waals surface area contributed by atoms with Crippen molar-refractivity contribution in [3.63, 3.8) is 0 Å². The van der Waals surface area contributed by atoms with Gasteiger partial charge in [0.1, 0.15) is 4.83 Å². The van der Waals surface area contributed by atoms with E-state index in [-0.39, 0.29) is 0 Å². The Morgan fingerprint density at radius 1 is 1.30 bits per heavy atom. The van der Waals surface area contributed by atoms with Gasteiger partial charge in [0.15, 0.2) is 0 Å². The zero-order valence-electron chi connectivity index (χ0n) is 16.4. The molecule has 2 saturated heterocycles. The fourth-order valence-electron chi connectivity index (χ4n) is 4.78. The monoisotopic (exact) mass is 381 g/mol. The molecule has 5 heterocycles. The van der Waals surface area contributed by atoms with Crippen molar-refractivity contribution >= 4 is 27.2 Å². The number of fused-ring (bicyclic) bond motifs is 1. The topological polar surface area (TPSA) is 37.2 Å². The number of pyridine rings is 1. The zero-order valence-corrected chi connectivity index (χ0v) is 17.2. The van der Waals surface area contributed by atoms with Crippen LogP contribution in [-0.4, -0.2) is 45.8 Å². The van der Waals surface area contributed by atoms with E-state index in [1.807, 2.05) is 35.5 Å². The van der Waals surface area contributed by atoms with Crippen LogP contribution in [0.4, 0.5) is 5.69 Å². The number of aryl methyl sites for hydroxylation is 2. The number of rotatable bonds is 4. The molecule has 1 unspecified atom stereocenters. The average molecular weight is 382 g/mol. The normalized spacial score (nSPS) is 20.5. The van der Waals surface area contributed by atoms with Crippen LogP contribution < -0.4 is 4.90 Å². The second-order valence-corrected chi connectivity index (χ2v) is 9.43. The first kappa shape index (κ1) is 17.2. The second kappa shape index (κ2) is 6.31. The molecular weight excluding hydrogens is 354 g/mol. The fourth-order valence-corrected chi connectivity index (χ4v) is 5.74. The summed E-state index contributed by atoms with van der Waals surface area (Å²) in [5.41, 5.74) is 3.16. The highest BCUT2D eigenvalue weighted by Gasteiger charge is 2.49. The van der Waals surface area contributed by atoms with E-state index in [4.69, 9.17) is 0 Å². The fraction of sp³-hybridized carbons (Fsp3) is 0.524. The van der Waals surface area contributed by atoms with Gasteiger partial charge in [0.25, 0.3) is 0 Å². The van der Waals surface area contributed by atoms with Gasteiger partial charge in [-0.1, -0.05) is 6.92 Å². The maximum Gasteiger partial charge on any atom is 0.125 e. The quantitative estimate of drug-likeness (QED) is 0.688. The summed E-state index contributed by atoms with van der Waals surface area (Å²) in [5.74, 6) is 0. The van der Waals surface area contributed by atoms with E-state index in [9.17, 15) is 0 Å². The van der Waals surface area contributed by atoms with Gasteiger partial charge < -0.3 is 4.90 Å². The SMILES string of the molecule is CCc1cc2c(N3CCC4(C3)CN(C(C)c3cnn(C)c3)C4)ccnc2s1. The van der Waals surface area contributed by atoms with Crippen molar-refractivity contribution in [2.75, 3.05) is 31.1 Å². The maximum absolute atomic E-state index is 4.60. The Hall–Kier alpha value is -1.92. The summed E-state index contributed by atoms with van der Waals surface area (Å²) in [5, 5.41) is 5.68. The minimum absolute atomic E-state index is 0.454. The van der Waals surface area contributed by atoms with E-state index >= 15 is 0 Å². The van der Waals surface area contributed by atoms with Gasteiger partial charge in [-0.15, -0.1) is 11.3 Å². The lowest BCUT2D eigenvalue weighted by molar-refractivity contribution is -0.0120. The lowest BCUT2D eigenvalue weighted by Crippen LogP contribution is -2.58. The third kappa shape index (κ3) is 2.86. The molecule has 2 aliphatic heterocycles. The van der Waals surface area contributed by atoms with E-state index in [2.05, 4.69) is 52.1 Å². The van der Waals surface area contributed by atoms with Crippen molar-refractivity contribution in [3.8, 4) is 0 Å². The van der Waals surface area contributed by atoms with Crippen LogP contribution in [0.25, 0.3) is 10.2 Å². The minimum Gasteiger partial charge on any atom is -0.370 e. The Morgan fingerprint density at radius 3 is 2.89 bits per heavy atom. The van der Waals surface area contributed by atoms with Gasteiger partial charge in [-0.2, -0.15) is 5.10 Å². The van der Waals surface area contributed by atoms with E-state index in [1.54, 1.807) is 0 Å². The summed E-state index contributed by atoms with van der Waals surface area (Å²) in [6, 6.07) is 5.02. The van der Waals surface area contributed by atoms with Gasteiger partial charge in [-0.3, -0.25) is 9.58 Å². The molecule has 142 valence electrons. The molecule has 1 atom stereocenters. The Bertz CT molecular complexity index is 968. The number of aromatic nitrogens is 3. The highest BCUT2D eigenvalue weighted by atomic mass is 32.1. The molecule has 2 aliphatic rings. The lowest BCUT2D eigenvalue weighted by Gasteiger charge is -2.50. The van der Waals surface area contributed by atoms with Crippen LogP contribution in [-0.2, 0) is 13.5 Å². The average Bonchev–Trinajstić information content (AvgIpc) is 3.36. The zero-order chi connectivity index (χ0) is 18.6. The Kier molecular flexibility index (Phi) is 4.02. The first-order valence-electron chi connectivity index (χ1n) is 9.92. The largest absolute Gasteiger partial charge is 0.370 e. The molecule has 3 aromatic rings. The number of hydrogen-bond acceptors (Lipinski definition) is 5. The van der Waals surface area contributed by atoms with Crippen LogP contribution in [0.3, 0.4) is 0 Å². The molecular formula is C21H27N5S. The molecule has 0 bridgehead atoms.